The van der Waals surface area contributed by atoms with Crippen molar-refractivity contribution in [2.75, 3.05) is 45.2 Å². The van der Waals surface area contributed by atoms with Crippen LogP contribution >= 0.6 is 0 Å². The van der Waals surface area contributed by atoms with E-state index in [1.165, 1.54) is 12.1 Å². The van der Waals surface area contributed by atoms with Crippen LogP contribution in [0.3, 0.4) is 0 Å². The Morgan fingerprint density at radius 1 is 1.25 bits per heavy atom. The molecule has 4 atom stereocenters. The molecule has 3 saturated heterocycles. The lowest BCUT2D eigenvalue weighted by Crippen LogP contribution is -2.54. The number of ether oxygens (including phenoxy) is 1. The number of hydrogen-bond donors (Lipinski definition) is 1. The summed E-state index contributed by atoms with van der Waals surface area (Å²) >= 11 is 0. The predicted molar refractivity (Wildman–Crippen MR) is 127 cm³/mol. The van der Waals surface area contributed by atoms with Gasteiger partial charge in [0.25, 0.3) is 0 Å². The molecule has 3 aliphatic rings. The Bertz CT molecular complexity index is 930. The average molecular weight is 438 g/mol. The Kier molecular flexibility index (Phi) is 6.94. The lowest BCUT2D eigenvalue weighted by atomic mass is 9.74. The lowest BCUT2D eigenvalue weighted by molar-refractivity contribution is -0.00346. The molecule has 4 unspecified atom stereocenters. The molecule has 1 aromatic carbocycles. The molecule has 2 aromatic rings. The molecule has 2 bridgehead atoms. The number of aryl methyl sites for hydroxylation is 1. The number of anilines is 1. The van der Waals surface area contributed by atoms with Crippen molar-refractivity contribution in [3.05, 3.63) is 41.9 Å². The van der Waals surface area contributed by atoms with Crippen LogP contribution < -0.4 is 10.2 Å². The molecule has 7 nitrogen and oxygen atoms in total. The minimum Gasteiger partial charge on any atom is -0.448 e. The standard InChI is InChI=1S/C25H35N5O2/c1-5-11-26-25(31)32-16-21-13-19-10-12-30(21)15-22(19)24-14-23(27-17(2)28-24)18-6-8-20(9-7-18)29(3)4/h6-9,14,19,21-22H,5,10-13,15-16H2,1-4H3,(H,26,31). The van der Waals surface area contributed by atoms with E-state index in [0.29, 0.717) is 31.0 Å². The number of nitrogens with zero attached hydrogens (tertiary/aromatic N) is 4. The van der Waals surface area contributed by atoms with Gasteiger partial charge in [-0.25, -0.2) is 14.8 Å². The van der Waals surface area contributed by atoms with Gasteiger partial charge >= 0.3 is 6.09 Å². The van der Waals surface area contributed by atoms with Gasteiger partial charge in [-0.2, -0.15) is 0 Å². The summed E-state index contributed by atoms with van der Waals surface area (Å²) < 4.78 is 5.48. The van der Waals surface area contributed by atoms with Gasteiger partial charge in [-0.1, -0.05) is 19.1 Å². The van der Waals surface area contributed by atoms with Crippen molar-refractivity contribution in [1.82, 2.24) is 20.2 Å². The van der Waals surface area contributed by atoms with Crippen molar-refractivity contribution in [1.29, 1.82) is 0 Å². The number of aromatic nitrogens is 2. The van der Waals surface area contributed by atoms with Gasteiger partial charge in [0.2, 0.25) is 0 Å². The molecule has 7 heteroatoms. The van der Waals surface area contributed by atoms with Gasteiger partial charge in [-0.3, -0.25) is 4.90 Å². The van der Waals surface area contributed by atoms with Crippen LogP contribution in [0.4, 0.5) is 10.5 Å². The van der Waals surface area contributed by atoms with Crippen LogP contribution in [-0.2, 0) is 4.74 Å². The maximum atomic E-state index is 11.8. The molecule has 0 aliphatic carbocycles. The molecule has 3 aliphatic heterocycles. The topological polar surface area (TPSA) is 70.6 Å². The highest BCUT2D eigenvalue weighted by Crippen LogP contribution is 2.42. The van der Waals surface area contributed by atoms with Gasteiger partial charge in [0.1, 0.15) is 12.4 Å². The van der Waals surface area contributed by atoms with E-state index in [4.69, 9.17) is 14.7 Å². The maximum Gasteiger partial charge on any atom is 0.407 e. The number of nitrogens with one attached hydrogen (secondary N) is 1. The predicted octanol–water partition coefficient (Wildman–Crippen LogP) is 3.83. The minimum absolute atomic E-state index is 0.303. The third-order valence-corrected chi connectivity index (χ3v) is 6.72. The zero-order valence-electron chi connectivity index (χ0n) is 19.7. The highest BCUT2D eigenvalue weighted by Gasteiger charge is 2.41. The van der Waals surface area contributed by atoms with Crippen LogP contribution in [0, 0.1) is 12.8 Å². The zero-order chi connectivity index (χ0) is 22.7. The molecule has 0 saturated carbocycles. The van der Waals surface area contributed by atoms with Crippen molar-refractivity contribution in [2.45, 2.75) is 45.1 Å². The van der Waals surface area contributed by atoms with Crippen LogP contribution in [-0.4, -0.2) is 67.3 Å². The smallest absolute Gasteiger partial charge is 0.407 e. The van der Waals surface area contributed by atoms with Crippen LogP contribution in [0.1, 0.15) is 43.6 Å². The normalized spacial score (nSPS) is 24.2. The molecule has 0 spiro atoms. The highest BCUT2D eigenvalue weighted by molar-refractivity contribution is 5.67. The number of piperidine rings is 3. The number of hydrogen-bond acceptors (Lipinski definition) is 6. The molecule has 1 amide bonds. The first-order valence-electron chi connectivity index (χ1n) is 11.7. The second-order valence-corrected chi connectivity index (χ2v) is 9.23. The van der Waals surface area contributed by atoms with Gasteiger partial charge in [-0.05, 0) is 56.8 Å². The quantitative estimate of drug-likeness (QED) is 0.710. The van der Waals surface area contributed by atoms with E-state index in [2.05, 4.69) is 45.4 Å². The highest BCUT2D eigenvalue weighted by atomic mass is 16.5. The SMILES string of the molecule is CCCNC(=O)OCC1CC2CCN1CC2c1cc(-c2ccc(N(C)C)cc2)nc(C)n1. The Morgan fingerprint density at radius 2 is 2.03 bits per heavy atom. The van der Waals surface area contributed by atoms with Crippen molar-refractivity contribution in [3.8, 4) is 11.3 Å². The molecule has 32 heavy (non-hydrogen) atoms. The number of alkyl carbamates (subject to hydrolysis) is 1. The zero-order valence-corrected chi connectivity index (χ0v) is 19.7. The second-order valence-electron chi connectivity index (χ2n) is 9.23. The summed E-state index contributed by atoms with van der Waals surface area (Å²) in [5, 5.41) is 2.79. The summed E-state index contributed by atoms with van der Waals surface area (Å²) in [6.07, 6.45) is 2.82. The third kappa shape index (κ3) is 5.04. The molecule has 1 aromatic heterocycles. The van der Waals surface area contributed by atoms with Crippen molar-refractivity contribution >= 4 is 11.8 Å². The summed E-state index contributed by atoms with van der Waals surface area (Å²) in [5.74, 6) is 1.78. The van der Waals surface area contributed by atoms with Gasteiger partial charge in [0.05, 0.1) is 5.69 Å². The molecule has 3 fully saturated rings. The fourth-order valence-corrected chi connectivity index (χ4v) is 4.96. The maximum absolute atomic E-state index is 11.8. The molecule has 1 N–H and O–H groups in total. The number of rotatable bonds is 7. The van der Waals surface area contributed by atoms with Crippen molar-refractivity contribution < 1.29 is 9.53 Å². The monoisotopic (exact) mass is 437 g/mol. The van der Waals surface area contributed by atoms with Gasteiger partial charge in [0, 0.05) is 56.1 Å². The minimum atomic E-state index is -0.303. The van der Waals surface area contributed by atoms with E-state index in [0.717, 1.165) is 48.7 Å². The largest absolute Gasteiger partial charge is 0.448 e. The Labute approximate surface area is 191 Å². The summed E-state index contributed by atoms with van der Waals surface area (Å²) in [6, 6.07) is 11.0. The summed E-state index contributed by atoms with van der Waals surface area (Å²) in [7, 11) is 4.09. The van der Waals surface area contributed by atoms with E-state index < -0.39 is 0 Å². The summed E-state index contributed by atoms with van der Waals surface area (Å²) in [6.45, 7) is 7.16. The number of benzene rings is 1. The second kappa shape index (κ2) is 9.86. The average Bonchev–Trinajstić information content (AvgIpc) is 2.81. The lowest BCUT2D eigenvalue weighted by Gasteiger charge is -2.49. The van der Waals surface area contributed by atoms with E-state index in [-0.39, 0.29) is 6.09 Å². The first kappa shape index (κ1) is 22.5. The Morgan fingerprint density at radius 3 is 2.69 bits per heavy atom. The van der Waals surface area contributed by atoms with Crippen LogP contribution in [0.15, 0.2) is 30.3 Å². The molecule has 172 valence electrons. The van der Waals surface area contributed by atoms with Crippen LogP contribution in [0.25, 0.3) is 11.3 Å². The molecule has 0 radical (unpaired) electrons. The first-order valence-corrected chi connectivity index (χ1v) is 11.7. The number of carbonyl (C=O) groups excluding carboxylic acids is 1. The Balaban J connectivity index is 1.45. The third-order valence-electron chi connectivity index (χ3n) is 6.72. The van der Waals surface area contributed by atoms with Crippen molar-refractivity contribution in [2.24, 2.45) is 5.92 Å². The number of fused-ring (bicyclic) bond motifs is 3. The van der Waals surface area contributed by atoms with Gasteiger partial charge < -0.3 is 15.0 Å². The number of amides is 1. The van der Waals surface area contributed by atoms with Gasteiger partial charge in [0.15, 0.2) is 0 Å². The van der Waals surface area contributed by atoms with Crippen LogP contribution in [0.2, 0.25) is 0 Å². The van der Waals surface area contributed by atoms with Crippen molar-refractivity contribution in [3.63, 3.8) is 0 Å². The van der Waals surface area contributed by atoms with E-state index >= 15 is 0 Å². The Hall–Kier alpha value is -2.67. The van der Waals surface area contributed by atoms with E-state index in [1.807, 2.05) is 27.9 Å². The number of carbonyl (C=O) groups is 1. The van der Waals surface area contributed by atoms with Gasteiger partial charge in [-0.15, -0.1) is 0 Å². The van der Waals surface area contributed by atoms with E-state index in [1.54, 1.807) is 0 Å². The fourth-order valence-electron chi connectivity index (χ4n) is 4.96. The summed E-state index contributed by atoms with van der Waals surface area (Å²) in [5.41, 5.74) is 4.42. The van der Waals surface area contributed by atoms with Crippen LogP contribution in [0.5, 0.6) is 0 Å². The molecule has 4 heterocycles. The fraction of sp³-hybridized carbons (Fsp3) is 0.560. The molecular formula is C25H35N5O2. The first-order chi connectivity index (χ1) is 15.4. The molecule has 5 rings (SSSR count). The van der Waals surface area contributed by atoms with E-state index in [9.17, 15) is 4.79 Å². The molecular weight excluding hydrogens is 402 g/mol. The summed E-state index contributed by atoms with van der Waals surface area (Å²) in [4.78, 5) is 26.0.